The fourth-order valence-corrected chi connectivity index (χ4v) is 3.11. The van der Waals surface area contributed by atoms with Crippen molar-refractivity contribution >= 4 is 12.0 Å². The van der Waals surface area contributed by atoms with Crippen LogP contribution < -0.4 is 9.47 Å². The van der Waals surface area contributed by atoms with Gasteiger partial charge in [-0.2, -0.15) is 0 Å². The van der Waals surface area contributed by atoms with Crippen molar-refractivity contribution in [2.24, 2.45) is 0 Å². The summed E-state index contributed by atoms with van der Waals surface area (Å²) in [6, 6.07) is 5.38. The van der Waals surface area contributed by atoms with E-state index in [-0.39, 0.29) is 0 Å². The number of benzene rings is 1. The minimum absolute atomic E-state index is 0.443. The fourth-order valence-electron chi connectivity index (χ4n) is 3.11. The first-order valence-electron chi connectivity index (χ1n) is 7.73. The van der Waals surface area contributed by atoms with Gasteiger partial charge in [-0.1, -0.05) is 12.1 Å². The van der Waals surface area contributed by atoms with Crippen LogP contribution >= 0.6 is 0 Å². The summed E-state index contributed by atoms with van der Waals surface area (Å²) in [5, 5.41) is 9.30. The van der Waals surface area contributed by atoms with Gasteiger partial charge in [0.25, 0.3) is 0 Å². The predicted molar refractivity (Wildman–Crippen MR) is 87.0 cm³/mol. The third-order valence-electron chi connectivity index (χ3n) is 4.43. The number of rotatable bonds is 4. The summed E-state index contributed by atoms with van der Waals surface area (Å²) in [7, 11) is 3.50. The van der Waals surface area contributed by atoms with Crippen LogP contribution in [0.4, 0.5) is 0 Å². The van der Waals surface area contributed by atoms with E-state index >= 15 is 0 Å². The quantitative estimate of drug-likeness (QED) is 0.899. The number of ether oxygens (including phenoxy) is 2. The Kier molecular flexibility index (Phi) is 4.54. The third-order valence-corrected chi connectivity index (χ3v) is 4.43. The molecule has 1 aromatic carbocycles. The van der Waals surface area contributed by atoms with Crippen LogP contribution in [-0.4, -0.2) is 73.9 Å². The van der Waals surface area contributed by atoms with Crippen LogP contribution in [-0.2, 0) is 4.79 Å². The summed E-state index contributed by atoms with van der Waals surface area (Å²) in [4.78, 5) is 15.4. The van der Waals surface area contributed by atoms with Crippen molar-refractivity contribution in [2.45, 2.75) is 6.04 Å². The summed E-state index contributed by atoms with van der Waals surface area (Å²) in [5.41, 5.74) is 2.16. The van der Waals surface area contributed by atoms with E-state index in [1.54, 1.807) is 7.11 Å². The Morgan fingerprint density at radius 1 is 1.43 bits per heavy atom. The molecule has 0 saturated carbocycles. The maximum atomic E-state index is 11.3. The SMILES string of the molecule is COc1cccc2c1OCC(CN1CCN(C)[C@H](C(=O)O)C1)=C2. The van der Waals surface area contributed by atoms with Gasteiger partial charge < -0.3 is 14.6 Å². The largest absolute Gasteiger partial charge is 0.493 e. The van der Waals surface area contributed by atoms with Crippen LogP contribution in [0.1, 0.15) is 5.56 Å². The molecule has 0 aliphatic carbocycles. The van der Waals surface area contributed by atoms with Gasteiger partial charge in [0.05, 0.1) is 7.11 Å². The molecular weight excluding hydrogens is 296 g/mol. The first kappa shape index (κ1) is 15.8. The highest BCUT2D eigenvalue weighted by molar-refractivity contribution is 5.74. The highest BCUT2D eigenvalue weighted by Crippen LogP contribution is 2.35. The van der Waals surface area contributed by atoms with Crippen molar-refractivity contribution in [3.63, 3.8) is 0 Å². The average Bonchev–Trinajstić information content (AvgIpc) is 2.55. The lowest BCUT2D eigenvalue weighted by molar-refractivity contribution is -0.145. The molecule has 1 saturated heterocycles. The number of likely N-dealkylation sites (N-methyl/N-ethyl adjacent to an activating group) is 1. The highest BCUT2D eigenvalue weighted by Gasteiger charge is 2.30. The lowest BCUT2D eigenvalue weighted by atomic mass is 10.1. The zero-order chi connectivity index (χ0) is 16.4. The van der Waals surface area contributed by atoms with E-state index in [0.717, 1.165) is 42.3 Å². The molecule has 0 amide bonds. The van der Waals surface area contributed by atoms with E-state index < -0.39 is 12.0 Å². The zero-order valence-electron chi connectivity index (χ0n) is 13.5. The minimum Gasteiger partial charge on any atom is -0.493 e. The Morgan fingerprint density at radius 2 is 2.26 bits per heavy atom. The second kappa shape index (κ2) is 6.60. The summed E-state index contributed by atoms with van der Waals surface area (Å²) < 4.78 is 11.2. The Balaban J connectivity index is 1.71. The van der Waals surface area contributed by atoms with Gasteiger partial charge in [0.1, 0.15) is 12.6 Å². The van der Waals surface area contributed by atoms with E-state index in [0.29, 0.717) is 13.2 Å². The molecule has 6 heteroatoms. The maximum Gasteiger partial charge on any atom is 0.322 e. The third kappa shape index (κ3) is 3.33. The lowest BCUT2D eigenvalue weighted by Gasteiger charge is -2.37. The van der Waals surface area contributed by atoms with Crippen molar-refractivity contribution in [3.8, 4) is 11.5 Å². The molecule has 3 rings (SSSR count). The second-order valence-corrected chi connectivity index (χ2v) is 6.04. The number of piperazine rings is 1. The maximum absolute atomic E-state index is 11.3. The monoisotopic (exact) mass is 318 g/mol. The van der Waals surface area contributed by atoms with Gasteiger partial charge in [-0.3, -0.25) is 14.6 Å². The van der Waals surface area contributed by atoms with Crippen molar-refractivity contribution in [1.29, 1.82) is 0 Å². The summed E-state index contributed by atoms with van der Waals surface area (Å²) >= 11 is 0. The molecule has 1 aromatic rings. The number of aliphatic carboxylic acids is 1. The number of hydrogen-bond acceptors (Lipinski definition) is 5. The molecule has 2 aliphatic heterocycles. The van der Waals surface area contributed by atoms with Crippen molar-refractivity contribution in [2.75, 3.05) is 46.9 Å². The predicted octanol–water partition coefficient (Wildman–Crippen LogP) is 1.17. The van der Waals surface area contributed by atoms with Crippen molar-refractivity contribution in [1.82, 2.24) is 9.80 Å². The van der Waals surface area contributed by atoms with Gasteiger partial charge >= 0.3 is 5.97 Å². The molecule has 124 valence electrons. The molecule has 0 aromatic heterocycles. The van der Waals surface area contributed by atoms with Gasteiger partial charge in [-0.05, 0) is 24.8 Å². The Bertz CT molecular complexity index is 629. The van der Waals surface area contributed by atoms with Crippen LogP contribution in [0.5, 0.6) is 11.5 Å². The molecule has 0 bridgehead atoms. The molecule has 1 fully saturated rings. The van der Waals surface area contributed by atoms with Crippen LogP contribution in [0.15, 0.2) is 23.8 Å². The number of carboxylic acid groups (broad SMARTS) is 1. The molecule has 2 heterocycles. The average molecular weight is 318 g/mol. The smallest absolute Gasteiger partial charge is 0.322 e. The lowest BCUT2D eigenvalue weighted by Crippen LogP contribution is -2.55. The second-order valence-electron chi connectivity index (χ2n) is 6.04. The van der Waals surface area contributed by atoms with Crippen LogP contribution in [0.3, 0.4) is 0 Å². The van der Waals surface area contributed by atoms with Gasteiger partial charge in [0.2, 0.25) is 0 Å². The number of methoxy groups -OCH3 is 1. The number of carbonyl (C=O) groups is 1. The number of nitrogens with zero attached hydrogens (tertiary/aromatic N) is 2. The first-order valence-corrected chi connectivity index (χ1v) is 7.73. The van der Waals surface area contributed by atoms with Crippen molar-refractivity contribution in [3.05, 3.63) is 29.3 Å². The molecule has 1 N–H and O–H groups in total. The molecule has 2 aliphatic rings. The summed E-state index contributed by atoms with van der Waals surface area (Å²) in [6.07, 6.45) is 2.12. The zero-order valence-corrected chi connectivity index (χ0v) is 13.5. The number of carboxylic acids is 1. The van der Waals surface area contributed by atoms with Gasteiger partial charge in [-0.25, -0.2) is 0 Å². The van der Waals surface area contributed by atoms with E-state index in [2.05, 4.69) is 11.0 Å². The number of fused-ring (bicyclic) bond motifs is 1. The highest BCUT2D eigenvalue weighted by atomic mass is 16.5. The van der Waals surface area contributed by atoms with Gasteiger partial charge in [0, 0.05) is 31.7 Å². The molecule has 6 nitrogen and oxygen atoms in total. The number of hydrogen-bond donors (Lipinski definition) is 1. The minimum atomic E-state index is -0.763. The van der Waals surface area contributed by atoms with Gasteiger partial charge in [0.15, 0.2) is 11.5 Å². The summed E-state index contributed by atoms with van der Waals surface area (Å²) in [6.45, 7) is 3.40. The fraction of sp³-hybridized carbons (Fsp3) is 0.471. The van der Waals surface area contributed by atoms with E-state index in [1.165, 1.54) is 0 Å². The molecule has 0 radical (unpaired) electrons. The van der Waals surface area contributed by atoms with Crippen LogP contribution in [0.25, 0.3) is 6.08 Å². The van der Waals surface area contributed by atoms with E-state index in [1.807, 2.05) is 30.1 Å². The van der Waals surface area contributed by atoms with Crippen LogP contribution in [0, 0.1) is 0 Å². The Morgan fingerprint density at radius 3 is 3.00 bits per heavy atom. The van der Waals surface area contributed by atoms with E-state index in [9.17, 15) is 9.90 Å². The molecular formula is C17H22N2O4. The summed E-state index contributed by atoms with van der Waals surface area (Å²) in [5.74, 6) is 0.755. The Hall–Kier alpha value is -2.05. The number of para-hydroxylation sites is 1. The first-order chi connectivity index (χ1) is 11.1. The molecule has 1 atom stereocenters. The normalized spacial score (nSPS) is 22.0. The van der Waals surface area contributed by atoms with Crippen molar-refractivity contribution < 1.29 is 19.4 Å². The Labute approximate surface area is 135 Å². The molecule has 23 heavy (non-hydrogen) atoms. The van der Waals surface area contributed by atoms with Gasteiger partial charge in [-0.15, -0.1) is 0 Å². The molecule has 0 spiro atoms. The van der Waals surface area contributed by atoms with E-state index in [4.69, 9.17) is 9.47 Å². The topological polar surface area (TPSA) is 62.2 Å². The van der Waals surface area contributed by atoms with Crippen LogP contribution in [0.2, 0.25) is 0 Å². The standard InChI is InChI=1S/C17H22N2O4/c1-18-6-7-19(10-14(18)17(20)21)9-12-8-13-4-3-5-15(22-2)16(13)23-11-12/h3-5,8,14H,6-7,9-11H2,1-2H3,(H,20,21)/t14-/m0/s1. The molecule has 0 unspecified atom stereocenters.